The summed E-state index contributed by atoms with van der Waals surface area (Å²) in [5.41, 5.74) is 16.9. The average molecular weight is 776 g/mol. The van der Waals surface area contributed by atoms with Gasteiger partial charge in [0.1, 0.15) is 0 Å². The van der Waals surface area contributed by atoms with E-state index in [0.717, 1.165) is 38.6 Å². The minimum absolute atomic E-state index is 0.867. The Balaban J connectivity index is 0.818. The van der Waals surface area contributed by atoms with Crippen LogP contribution in [0.5, 0.6) is 0 Å². The van der Waals surface area contributed by atoms with Gasteiger partial charge in [0.2, 0.25) is 0 Å². The molecule has 284 valence electrons. The lowest BCUT2D eigenvalue weighted by molar-refractivity contribution is 1.18. The van der Waals surface area contributed by atoms with E-state index in [4.69, 9.17) is 9.97 Å². The van der Waals surface area contributed by atoms with Crippen LogP contribution in [-0.4, -0.2) is 14.5 Å². The first-order valence-corrected chi connectivity index (χ1v) is 20.8. The highest BCUT2D eigenvalue weighted by Gasteiger charge is 2.15. The molecule has 0 amide bonds. The zero-order valence-corrected chi connectivity index (χ0v) is 33.2. The monoisotopic (exact) mass is 775 g/mol. The van der Waals surface area contributed by atoms with Crippen LogP contribution < -0.4 is 0 Å². The largest absolute Gasteiger partial charge is 0.309 e. The fourth-order valence-corrected chi connectivity index (χ4v) is 9.21. The lowest BCUT2D eigenvalue weighted by atomic mass is 9.95. The summed E-state index contributed by atoms with van der Waals surface area (Å²) in [4.78, 5) is 10.2. The predicted molar refractivity (Wildman–Crippen MR) is 256 cm³/mol. The molecular formula is C58H37N3. The third kappa shape index (κ3) is 5.98. The Kier molecular flexibility index (Phi) is 8.17. The molecule has 2 heterocycles. The molecular weight excluding hydrogens is 739 g/mol. The van der Waals surface area contributed by atoms with E-state index in [1.807, 2.05) is 6.20 Å². The van der Waals surface area contributed by atoms with Crippen LogP contribution in [0.15, 0.2) is 225 Å². The van der Waals surface area contributed by atoms with Crippen molar-refractivity contribution in [3.8, 4) is 61.5 Å². The first-order chi connectivity index (χ1) is 30.2. The molecule has 0 spiro atoms. The molecule has 12 rings (SSSR count). The number of hydrogen-bond donors (Lipinski definition) is 0. The quantitative estimate of drug-likeness (QED) is 0.158. The second-order valence-corrected chi connectivity index (χ2v) is 15.8. The van der Waals surface area contributed by atoms with Crippen molar-refractivity contribution in [2.45, 2.75) is 0 Å². The third-order valence-electron chi connectivity index (χ3n) is 12.2. The first kappa shape index (κ1) is 34.9. The molecule has 0 fully saturated rings. The van der Waals surface area contributed by atoms with Gasteiger partial charge in [-0.1, -0.05) is 176 Å². The zero-order chi connectivity index (χ0) is 40.3. The SMILES string of the molecule is c1ccc(-n2c3ccccc3c3cc(-c4ccc(-c5cccc(-c6cccc(-c7ccc(-c8cnc9c%10ccccc%10c%10ccccc%10c9n8)cc7)c6)c5)cc4)ccc32)cc1. The normalized spacial score (nSPS) is 11.6. The van der Waals surface area contributed by atoms with Crippen molar-refractivity contribution in [2.24, 2.45) is 0 Å². The second-order valence-electron chi connectivity index (χ2n) is 15.8. The maximum absolute atomic E-state index is 5.20. The van der Waals surface area contributed by atoms with Crippen molar-refractivity contribution in [2.75, 3.05) is 0 Å². The van der Waals surface area contributed by atoms with Crippen molar-refractivity contribution in [1.29, 1.82) is 0 Å². The molecule has 3 heteroatoms. The van der Waals surface area contributed by atoms with Crippen LogP contribution in [-0.2, 0) is 0 Å². The fraction of sp³-hybridized carbons (Fsp3) is 0. The van der Waals surface area contributed by atoms with Gasteiger partial charge in [-0.3, -0.25) is 4.98 Å². The van der Waals surface area contributed by atoms with E-state index in [0.29, 0.717) is 0 Å². The highest BCUT2D eigenvalue weighted by molar-refractivity contribution is 6.23. The number of fused-ring (bicyclic) bond motifs is 9. The molecule has 0 aliphatic carbocycles. The molecule has 0 saturated carbocycles. The van der Waals surface area contributed by atoms with E-state index in [1.54, 1.807) is 0 Å². The van der Waals surface area contributed by atoms with Crippen molar-refractivity contribution in [3.63, 3.8) is 0 Å². The Morgan fingerprint density at radius 3 is 1.33 bits per heavy atom. The Hall–Kier alpha value is -8.14. The predicted octanol–water partition coefficient (Wildman–Crippen LogP) is 15.4. The Morgan fingerprint density at radius 2 is 0.721 bits per heavy atom. The Labute approximate surface area is 353 Å². The highest BCUT2D eigenvalue weighted by Crippen LogP contribution is 2.38. The van der Waals surface area contributed by atoms with Crippen molar-refractivity contribution >= 4 is 54.4 Å². The van der Waals surface area contributed by atoms with Gasteiger partial charge in [-0.05, 0) is 97.7 Å². The molecule has 2 aromatic heterocycles. The van der Waals surface area contributed by atoms with Crippen LogP contribution in [0.2, 0.25) is 0 Å². The summed E-state index contributed by atoms with van der Waals surface area (Å²) in [7, 11) is 0. The second kappa shape index (κ2) is 14.3. The highest BCUT2D eigenvalue weighted by atomic mass is 15.0. The van der Waals surface area contributed by atoms with Gasteiger partial charge in [0.15, 0.2) is 0 Å². The maximum atomic E-state index is 5.20. The summed E-state index contributed by atoms with van der Waals surface area (Å²) in [6.45, 7) is 0. The molecule has 3 nitrogen and oxygen atoms in total. The molecule has 0 bridgehead atoms. The van der Waals surface area contributed by atoms with Gasteiger partial charge in [0.05, 0.1) is 34.0 Å². The summed E-state index contributed by atoms with van der Waals surface area (Å²) in [6, 6.07) is 78.5. The summed E-state index contributed by atoms with van der Waals surface area (Å²) in [5.74, 6) is 0. The standard InChI is InChI=1S/C58H37N3/c1-2-16-47(17-3-1)61-55-23-9-8-20-50(55)53-36-46(32-33-56(53)61)40-26-24-38(25-27-40)42-12-10-14-44(34-42)45-15-11-13-43(35-45)39-28-30-41(31-29-39)54-37-59-57-51-21-6-4-18-48(51)49-19-5-7-22-52(49)58(57)60-54/h1-37H. The number of hydrogen-bond acceptors (Lipinski definition) is 2. The first-order valence-electron chi connectivity index (χ1n) is 20.8. The van der Waals surface area contributed by atoms with E-state index in [-0.39, 0.29) is 0 Å². The van der Waals surface area contributed by atoms with Crippen molar-refractivity contribution in [1.82, 2.24) is 14.5 Å². The molecule has 0 aliphatic heterocycles. The fourth-order valence-electron chi connectivity index (χ4n) is 9.21. The lowest BCUT2D eigenvalue weighted by Crippen LogP contribution is -1.92. The van der Waals surface area contributed by atoms with Crippen LogP contribution in [0.25, 0.3) is 116 Å². The molecule has 10 aromatic carbocycles. The third-order valence-corrected chi connectivity index (χ3v) is 12.2. The summed E-state index contributed by atoms with van der Waals surface area (Å²) in [6.07, 6.45) is 1.91. The molecule has 0 aliphatic rings. The van der Waals surface area contributed by atoms with Crippen LogP contribution in [0.3, 0.4) is 0 Å². The van der Waals surface area contributed by atoms with Crippen LogP contribution in [0.1, 0.15) is 0 Å². The minimum atomic E-state index is 0.867. The summed E-state index contributed by atoms with van der Waals surface area (Å²) >= 11 is 0. The van der Waals surface area contributed by atoms with Crippen LogP contribution in [0, 0.1) is 0 Å². The summed E-state index contributed by atoms with van der Waals surface area (Å²) < 4.78 is 2.36. The topological polar surface area (TPSA) is 30.7 Å². The minimum Gasteiger partial charge on any atom is -0.309 e. The lowest BCUT2D eigenvalue weighted by Gasteiger charge is -2.11. The van der Waals surface area contributed by atoms with Gasteiger partial charge in [-0.2, -0.15) is 0 Å². The summed E-state index contributed by atoms with van der Waals surface area (Å²) in [5, 5.41) is 7.17. The average Bonchev–Trinajstić information content (AvgIpc) is 3.68. The van der Waals surface area contributed by atoms with Crippen molar-refractivity contribution < 1.29 is 0 Å². The molecule has 61 heavy (non-hydrogen) atoms. The zero-order valence-electron chi connectivity index (χ0n) is 33.2. The van der Waals surface area contributed by atoms with Crippen molar-refractivity contribution in [3.05, 3.63) is 225 Å². The van der Waals surface area contributed by atoms with Gasteiger partial charge in [0.25, 0.3) is 0 Å². The van der Waals surface area contributed by atoms with E-state index >= 15 is 0 Å². The molecule has 0 unspecified atom stereocenters. The van der Waals surface area contributed by atoms with E-state index in [9.17, 15) is 0 Å². The smallest absolute Gasteiger partial charge is 0.0979 e. The molecule has 0 atom stereocenters. The van der Waals surface area contributed by atoms with Gasteiger partial charge in [-0.15, -0.1) is 0 Å². The van der Waals surface area contributed by atoms with E-state index in [1.165, 1.54) is 77.2 Å². The Bertz CT molecular complexity index is 3590. The number of para-hydroxylation sites is 2. The van der Waals surface area contributed by atoms with E-state index < -0.39 is 0 Å². The van der Waals surface area contributed by atoms with Crippen LogP contribution in [0.4, 0.5) is 0 Å². The van der Waals surface area contributed by atoms with Crippen LogP contribution >= 0.6 is 0 Å². The number of aromatic nitrogens is 3. The number of nitrogens with zero attached hydrogens (tertiary/aromatic N) is 3. The van der Waals surface area contributed by atoms with Gasteiger partial charge in [-0.25, -0.2) is 4.98 Å². The molecule has 0 saturated heterocycles. The molecule has 12 aromatic rings. The maximum Gasteiger partial charge on any atom is 0.0979 e. The van der Waals surface area contributed by atoms with Gasteiger partial charge < -0.3 is 4.57 Å². The van der Waals surface area contributed by atoms with Gasteiger partial charge in [0, 0.05) is 32.8 Å². The molecule has 0 N–H and O–H groups in total. The van der Waals surface area contributed by atoms with Gasteiger partial charge >= 0.3 is 0 Å². The van der Waals surface area contributed by atoms with E-state index in [2.05, 4.69) is 223 Å². The number of rotatable bonds is 6. The Morgan fingerprint density at radius 1 is 0.279 bits per heavy atom. The molecule has 0 radical (unpaired) electrons. The number of benzene rings is 10.